The third-order valence-corrected chi connectivity index (χ3v) is 3.03. The molecule has 0 rings (SSSR count). The zero-order chi connectivity index (χ0) is 15.1. The number of carbonyl (C=O) groups is 2. The van der Waals surface area contributed by atoms with E-state index in [9.17, 15) is 9.59 Å². The van der Waals surface area contributed by atoms with Crippen molar-refractivity contribution in [2.24, 2.45) is 0 Å². The van der Waals surface area contributed by atoms with Crippen LogP contribution in [0.2, 0.25) is 0 Å². The van der Waals surface area contributed by atoms with Crippen molar-refractivity contribution >= 4 is 11.8 Å². The van der Waals surface area contributed by atoms with Crippen LogP contribution in [0.15, 0.2) is 0 Å². The van der Waals surface area contributed by atoms with Crippen LogP contribution in [0.4, 0.5) is 0 Å². The van der Waals surface area contributed by atoms with E-state index in [1.807, 2.05) is 0 Å². The van der Waals surface area contributed by atoms with Crippen molar-refractivity contribution in [2.75, 3.05) is 19.8 Å². The van der Waals surface area contributed by atoms with Gasteiger partial charge >= 0.3 is 5.97 Å². The molecule has 0 saturated carbocycles. The van der Waals surface area contributed by atoms with Gasteiger partial charge in [0.1, 0.15) is 18.8 Å². The van der Waals surface area contributed by atoms with Crippen LogP contribution in [-0.4, -0.2) is 31.6 Å². The van der Waals surface area contributed by atoms with Gasteiger partial charge < -0.3 is 9.47 Å². The van der Waals surface area contributed by atoms with Crippen molar-refractivity contribution < 1.29 is 19.1 Å². The molecule has 4 heteroatoms. The molecule has 0 aromatic heterocycles. The van der Waals surface area contributed by atoms with Gasteiger partial charge in [-0.15, -0.1) is 0 Å². The molecule has 0 fully saturated rings. The summed E-state index contributed by atoms with van der Waals surface area (Å²) in [6.45, 7) is 4.98. The van der Waals surface area contributed by atoms with Gasteiger partial charge in [0.15, 0.2) is 0 Å². The Morgan fingerprint density at radius 2 is 1.40 bits per heavy atom. The lowest BCUT2D eigenvalue weighted by Gasteiger charge is -2.05. The number of unbranched alkanes of at least 4 members (excludes halogenated alkanes) is 7. The van der Waals surface area contributed by atoms with Gasteiger partial charge in [0.05, 0.1) is 6.61 Å². The second-order valence-electron chi connectivity index (χ2n) is 5.19. The molecule has 0 atom stereocenters. The van der Waals surface area contributed by atoms with E-state index >= 15 is 0 Å². The molecule has 0 aromatic rings. The number of ketones is 1. The van der Waals surface area contributed by atoms with Gasteiger partial charge in [-0.25, -0.2) is 0 Å². The molecule has 0 spiro atoms. The Morgan fingerprint density at radius 3 is 2.00 bits per heavy atom. The highest BCUT2D eigenvalue weighted by Crippen LogP contribution is 2.08. The van der Waals surface area contributed by atoms with Crippen LogP contribution in [0.1, 0.15) is 71.6 Å². The number of hydrogen-bond acceptors (Lipinski definition) is 4. The molecular weight excluding hydrogens is 256 g/mol. The van der Waals surface area contributed by atoms with Gasteiger partial charge in [-0.3, -0.25) is 9.59 Å². The van der Waals surface area contributed by atoms with Gasteiger partial charge in [-0.1, -0.05) is 51.9 Å². The summed E-state index contributed by atoms with van der Waals surface area (Å²) in [4.78, 5) is 21.7. The lowest BCUT2D eigenvalue weighted by Crippen LogP contribution is -2.13. The predicted octanol–water partition coefficient (Wildman–Crippen LogP) is 3.67. The van der Waals surface area contributed by atoms with Crippen LogP contribution in [0, 0.1) is 0 Å². The summed E-state index contributed by atoms with van der Waals surface area (Å²) in [5.74, 6) is -0.636. The molecule has 0 unspecified atom stereocenters. The number of esters is 1. The van der Waals surface area contributed by atoms with E-state index in [2.05, 4.69) is 6.92 Å². The smallest absolute Gasteiger partial charge is 0.313 e. The van der Waals surface area contributed by atoms with E-state index in [0.717, 1.165) is 13.0 Å². The van der Waals surface area contributed by atoms with E-state index in [-0.39, 0.29) is 18.8 Å². The summed E-state index contributed by atoms with van der Waals surface area (Å²) in [5, 5.41) is 0. The topological polar surface area (TPSA) is 52.6 Å². The van der Waals surface area contributed by atoms with Crippen LogP contribution in [0.5, 0.6) is 0 Å². The highest BCUT2D eigenvalue weighted by Gasteiger charge is 2.05. The number of hydrogen-bond donors (Lipinski definition) is 0. The molecular formula is C16H30O4. The first-order valence-corrected chi connectivity index (χ1v) is 7.89. The first kappa shape index (κ1) is 19.1. The standard InChI is InChI=1S/C16H30O4/c1-3-4-5-6-7-8-9-10-11-19-12-13-20-16(18)14-15(2)17/h3-14H2,1-2H3. The van der Waals surface area contributed by atoms with E-state index in [4.69, 9.17) is 9.47 Å². The minimum absolute atomic E-state index is 0.141. The second kappa shape index (κ2) is 14.5. The molecule has 0 N–H and O–H groups in total. The van der Waals surface area contributed by atoms with Crippen LogP contribution >= 0.6 is 0 Å². The lowest BCUT2D eigenvalue weighted by molar-refractivity contribution is -0.147. The lowest BCUT2D eigenvalue weighted by atomic mass is 10.1. The molecule has 0 saturated heterocycles. The van der Waals surface area contributed by atoms with Crippen LogP contribution < -0.4 is 0 Å². The molecule has 0 aromatic carbocycles. The van der Waals surface area contributed by atoms with Crippen molar-refractivity contribution in [1.82, 2.24) is 0 Å². The van der Waals surface area contributed by atoms with Gasteiger partial charge in [0, 0.05) is 6.61 Å². The first-order chi connectivity index (χ1) is 9.66. The molecule has 0 aliphatic carbocycles. The fourth-order valence-corrected chi connectivity index (χ4v) is 1.91. The molecule has 0 aliphatic rings. The quantitative estimate of drug-likeness (QED) is 0.278. The summed E-state index contributed by atoms with van der Waals surface area (Å²) in [6.07, 6.45) is 10.1. The van der Waals surface area contributed by atoms with Crippen molar-refractivity contribution in [2.45, 2.75) is 71.6 Å². The van der Waals surface area contributed by atoms with Gasteiger partial charge in [0.2, 0.25) is 0 Å². The molecule has 20 heavy (non-hydrogen) atoms. The Balaban J connectivity index is 3.09. The molecule has 0 amide bonds. The van der Waals surface area contributed by atoms with Crippen LogP contribution in [0.25, 0.3) is 0 Å². The maximum atomic E-state index is 11.0. The first-order valence-electron chi connectivity index (χ1n) is 7.89. The predicted molar refractivity (Wildman–Crippen MR) is 79.7 cm³/mol. The molecule has 0 radical (unpaired) electrons. The monoisotopic (exact) mass is 286 g/mol. The molecule has 0 aliphatic heterocycles. The SMILES string of the molecule is CCCCCCCCCCOCCOC(=O)CC(C)=O. The van der Waals surface area contributed by atoms with Gasteiger partial charge in [-0.2, -0.15) is 0 Å². The summed E-state index contributed by atoms with van der Waals surface area (Å²) in [6, 6.07) is 0. The Morgan fingerprint density at radius 1 is 0.800 bits per heavy atom. The average molecular weight is 286 g/mol. The Labute approximate surface area is 123 Å². The van der Waals surface area contributed by atoms with Crippen molar-refractivity contribution in [3.8, 4) is 0 Å². The Bertz CT molecular complexity index is 251. The zero-order valence-electron chi connectivity index (χ0n) is 13.1. The summed E-state index contributed by atoms with van der Waals surface area (Å²) < 4.78 is 10.2. The van der Waals surface area contributed by atoms with Crippen molar-refractivity contribution in [3.05, 3.63) is 0 Å². The number of Topliss-reactive ketones (excluding diaryl/α,β-unsaturated/α-hetero) is 1. The molecule has 0 heterocycles. The van der Waals surface area contributed by atoms with Gasteiger partial charge in [-0.05, 0) is 13.3 Å². The Hall–Kier alpha value is -0.900. The fraction of sp³-hybridized carbons (Fsp3) is 0.875. The second-order valence-corrected chi connectivity index (χ2v) is 5.19. The molecule has 4 nitrogen and oxygen atoms in total. The number of carbonyl (C=O) groups excluding carboxylic acids is 2. The van der Waals surface area contributed by atoms with Crippen molar-refractivity contribution in [3.63, 3.8) is 0 Å². The van der Waals surface area contributed by atoms with E-state index in [1.165, 1.54) is 51.9 Å². The Kier molecular flexibility index (Phi) is 13.9. The number of rotatable bonds is 14. The maximum absolute atomic E-state index is 11.0. The van der Waals surface area contributed by atoms with Gasteiger partial charge in [0.25, 0.3) is 0 Å². The fourth-order valence-electron chi connectivity index (χ4n) is 1.91. The molecule has 0 bridgehead atoms. The van der Waals surface area contributed by atoms with Crippen LogP contribution in [-0.2, 0) is 19.1 Å². The largest absolute Gasteiger partial charge is 0.463 e. The van der Waals surface area contributed by atoms with E-state index in [1.54, 1.807) is 0 Å². The third-order valence-electron chi connectivity index (χ3n) is 3.03. The minimum Gasteiger partial charge on any atom is -0.463 e. The van der Waals surface area contributed by atoms with Crippen LogP contribution in [0.3, 0.4) is 0 Å². The summed E-state index contributed by atoms with van der Waals surface area (Å²) >= 11 is 0. The highest BCUT2D eigenvalue weighted by atomic mass is 16.6. The highest BCUT2D eigenvalue weighted by molar-refractivity contribution is 5.94. The molecule has 118 valence electrons. The maximum Gasteiger partial charge on any atom is 0.313 e. The summed E-state index contributed by atoms with van der Waals surface area (Å²) in [5.41, 5.74) is 0. The van der Waals surface area contributed by atoms with Crippen molar-refractivity contribution in [1.29, 1.82) is 0 Å². The van der Waals surface area contributed by atoms with E-state index < -0.39 is 5.97 Å². The summed E-state index contributed by atoms with van der Waals surface area (Å²) in [7, 11) is 0. The minimum atomic E-state index is -0.465. The van der Waals surface area contributed by atoms with E-state index in [0.29, 0.717) is 6.61 Å². The number of ether oxygens (including phenoxy) is 2. The average Bonchev–Trinajstić information content (AvgIpc) is 2.39. The normalized spacial score (nSPS) is 10.5. The zero-order valence-corrected chi connectivity index (χ0v) is 13.1. The third kappa shape index (κ3) is 15.2.